The van der Waals surface area contributed by atoms with Crippen molar-refractivity contribution in [2.75, 3.05) is 0 Å². The molecule has 0 unspecified atom stereocenters. The quantitative estimate of drug-likeness (QED) is 0.713. The van der Waals surface area contributed by atoms with Crippen LogP contribution in [0.15, 0.2) is 30.3 Å². The fraction of sp³-hybridized carbons (Fsp3) is 0.588. The average Bonchev–Trinajstić information content (AvgIpc) is 2.31. The maximum atomic E-state index is 11.6. The Morgan fingerprint density at radius 3 is 2.11 bits per heavy atom. The summed E-state index contributed by atoms with van der Waals surface area (Å²) in [6.07, 6.45) is 3.39. The number of aryl methyl sites for hydroxylation is 1. The van der Waals surface area contributed by atoms with Crippen molar-refractivity contribution in [2.45, 2.75) is 60.3 Å². The second-order valence-electron chi connectivity index (χ2n) is 5.62. The van der Waals surface area contributed by atoms with E-state index >= 15 is 0 Å². The number of carbonyl (C=O) groups is 1. The van der Waals surface area contributed by atoms with Gasteiger partial charge in [-0.1, -0.05) is 65.0 Å². The summed E-state index contributed by atoms with van der Waals surface area (Å²) in [6.45, 7) is 10.3. The van der Waals surface area contributed by atoms with Crippen molar-refractivity contribution in [2.24, 2.45) is 5.41 Å². The van der Waals surface area contributed by atoms with Gasteiger partial charge in [0, 0.05) is 12.8 Å². The van der Waals surface area contributed by atoms with Gasteiger partial charge in [-0.25, -0.2) is 0 Å². The first-order valence-corrected chi connectivity index (χ1v) is 7.03. The highest BCUT2D eigenvalue weighted by atomic mass is 16.1. The number of ketones is 1. The lowest BCUT2D eigenvalue weighted by Gasteiger charge is -2.16. The Hall–Kier alpha value is -1.11. The highest BCUT2D eigenvalue weighted by Crippen LogP contribution is 2.20. The topological polar surface area (TPSA) is 17.1 Å². The van der Waals surface area contributed by atoms with Gasteiger partial charge >= 0.3 is 0 Å². The molecule has 0 radical (unpaired) electrons. The smallest absolute Gasteiger partial charge is 0.133 e. The van der Waals surface area contributed by atoms with Crippen molar-refractivity contribution in [3.63, 3.8) is 0 Å². The largest absolute Gasteiger partial charge is 0.300 e. The molecule has 0 aromatic heterocycles. The van der Waals surface area contributed by atoms with E-state index in [1.807, 2.05) is 32.0 Å². The molecule has 102 valence electrons. The summed E-state index contributed by atoms with van der Waals surface area (Å²) < 4.78 is 0. The molecule has 1 aromatic rings. The van der Waals surface area contributed by atoms with E-state index in [0.717, 1.165) is 12.8 Å². The van der Waals surface area contributed by atoms with Gasteiger partial charge in [-0.15, -0.1) is 0 Å². The first-order chi connectivity index (χ1) is 8.47. The lowest BCUT2D eigenvalue weighted by atomic mass is 9.88. The van der Waals surface area contributed by atoms with Crippen LogP contribution in [-0.4, -0.2) is 5.78 Å². The predicted molar refractivity (Wildman–Crippen MR) is 79.8 cm³/mol. The van der Waals surface area contributed by atoms with E-state index in [-0.39, 0.29) is 5.41 Å². The van der Waals surface area contributed by atoms with Gasteiger partial charge < -0.3 is 0 Å². The van der Waals surface area contributed by atoms with E-state index in [2.05, 4.69) is 32.9 Å². The van der Waals surface area contributed by atoms with Gasteiger partial charge in [-0.05, 0) is 23.8 Å². The summed E-state index contributed by atoms with van der Waals surface area (Å²) in [6, 6.07) is 10.4. The maximum absolute atomic E-state index is 11.6. The van der Waals surface area contributed by atoms with E-state index in [1.165, 1.54) is 5.56 Å². The first kappa shape index (κ1) is 16.9. The van der Waals surface area contributed by atoms with Crippen LogP contribution in [0.25, 0.3) is 0 Å². The van der Waals surface area contributed by atoms with E-state index in [1.54, 1.807) is 0 Å². The third-order valence-electron chi connectivity index (χ3n) is 2.49. The Kier molecular flexibility index (Phi) is 8.36. The minimum absolute atomic E-state index is 0.129. The molecule has 1 heteroatoms. The normalized spacial score (nSPS) is 10.5. The molecular weight excluding hydrogens is 220 g/mol. The van der Waals surface area contributed by atoms with E-state index in [4.69, 9.17) is 0 Å². The molecule has 1 aromatic carbocycles. The molecule has 0 amide bonds. The number of hydrogen-bond donors (Lipinski definition) is 0. The summed E-state index contributed by atoms with van der Waals surface area (Å²) in [7, 11) is 0. The van der Waals surface area contributed by atoms with E-state index in [9.17, 15) is 4.79 Å². The number of benzene rings is 1. The predicted octanol–water partition coefficient (Wildman–Crippen LogP) is 5.04. The zero-order valence-corrected chi connectivity index (χ0v) is 12.6. The molecule has 0 saturated carbocycles. The van der Waals surface area contributed by atoms with Gasteiger partial charge in [-0.3, -0.25) is 4.79 Å². The molecule has 0 aliphatic rings. The molecule has 18 heavy (non-hydrogen) atoms. The van der Waals surface area contributed by atoms with Crippen LogP contribution in [0, 0.1) is 5.41 Å². The fourth-order valence-corrected chi connectivity index (χ4v) is 1.81. The minimum atomic E-state index is 0.129. The molecule has 0 atom stereocenters. The van der Waals surface area contributed by atoms with Gasteiger partial charge in [0.25, 0.3) is 0 Å². The molecule has 0 spiro atoms. The van der Waals surface area contributed by atoms with Gasteiger partial charge in [-0.2, -0.15) is 0 Å². The van der Waals surface area contributed by atoms with Crippen molar-refractivity contribution < 1.29 is 4.79 Å². The highest BCUT2D eigenvalue weighted by molar-refractivity contribution is 5.78. The molecule has 0 fully saturated rings. The van der Waals surface area contributed by atoms with Crippen molar-refractivity contribution >= 4 is 5.78 Å². The van der Waals surface area contributed by atoms with Crippen molar-refractivity contribution in [1.29, 1.82) is 0 Å². The zero-order chi connectivity index (χ0) is 14.0. The zero-order valence-electron chi connectivity index (χ0n) is 12.6. The minimum Gasteiger partial charge on any atom is -0.300 e. The van der Waals surface area contributed by atoms with Gasteiger partial charge in [0.1, 0.15) is 5.78 Å². The second-order valence-corrected chi connectivity index (χ2v) is 5.62. The Labute approximate surface area is 113 Å². The average molecular weight is 248 g/mol. The van der Waals surface area contributed by atoms with Gasteiger partial charge in [0.15, 0.2) is 0 Å². The van der Waals surface area contributed by atoms with Gasteiger partial charge in [0.2, 0.25) is 0 Å². The Morgan fingerprint density at radius 2 is 1.61 bits per heavy atom. The van der Waals surface area contributed by atoms with E-state index in [0.29, 0.717) is 18.6 Å². The van der Waals surface area contributed by atoms with Crippen molar-refractivity contribution in [3.05, 3.63) is 35.9 Å². The molecule has 0 aliphatic carbocycles. The molecule has 1 nitrogen and oxygen atoms in total. The Balaban J connectivity index is 0.00000137. The highest BCUT2D eigenvalue weighted by Gasteiger charge is 2.15. The van der Waals surface area contributed by atoms with Crippen LogP contribution in [0.2, 0.25) is 0 Å². The summed E-state index contributed by atoms with van der Waals surface area (Å²) in [5.41, 5.74) is 1.45. The van der Waals surface area contributed by atoms with Crippen LogP contribution in [0.1, 0.15) is 59.4 Å². The van der Waals surface area contributed by atoms with Crippen molar-refractivity contribution in [1.82, 2.24) is 0 Å². The monoisotopic (exact) mass is 248 g/mol. The number of hydrogen-bond acceptors (Lipinski definition) is 1. The Bertz CT molecular complexity index is 319. The fourth-order valence-electron chi connectivity index (χ4n) is 1.81. The summed E-state index contributed by atoms with van der Waals surface area (Å²) >= 11 is 0. The molecule has 0 saturated heterocycles. The lowest BCUT2D eigenvalue weighted by molar-refractivity contribution is -0.120. The number of rotatable bonds is 5. The molecule has 0 bridgehead atoms. The summed E-state index contributed by atoms with van der Waals surface area (Å²) in [4.78, 5) is 11.6. The van der Waals surface area contributed by atoms with Crippen LogP contribution < -0.4 is 0 Å². The molecule has 1 rings (SSSR count). The Morgan fingerprint density at radius 1 is 1.06 bits per heavy atom. The SMILES string of the molecule is CC.CC(C)(C)CC(=O)CCCc1ccccc1. The van der Waals surface area contributed by atoms with Crippen LogP contribution in [0.3, 0.4) is 0 Å². The van der Waals surface area contributed by atoms with E-state index < -0.39 is 0 Å². The lowest BCUT2D eigenvalue weighted by Crippen LogP contribution is -2.12. The molecule has 0 heterocycles. The number of Topliss-reactive ketones (excluding diaryl/α,β-unsaturated/α-hetero) is 1. The van der Waals surface area contributed by atoms with Crippen LogP contribution in [0.5, 0.6) is 0 Å². The third-order valence-corrected chi connectivity index (χ3v) is 2.49. The second kappa shape index (κ2) is 8.91. The standard InChI is InChI=1S/C15H22O.C2H6/c1-15(2,3)12-14(16)11-7-10-13-8-5-4-6-9-13;1-2/h4-6,8-9H,7,10-12H2,1-3H3;1-2H3. The molecule has 0 aliphatic heterocycles. The van der Waals surface area contributed by atoms with Gasteiger partial charge in [0.05, 0.1) is 0 Å². The van der Waals surface area contributed by atoms with Crippen LogP contribution in [0.4, 0.5) is 0 Å². The first-order valence-electron chi connectivity index (χ1n) is 7.03. The van der Waals surface area contributed by atoms with Crippen LogP contribution in [-0.2, 0) is 11.2 Å². The molecule has 0 N–H and O–H groups in total. The summed E-state index contributed by atoms with van der Waals surface area (Å²) in [5.74, 6) is 0.392. The third kappa shape index (κ3) is 8.98. The van der Waals surface area contributed by atoms with Crippen molar-refractivity contribution in [3.8, 4) is 0 Å². The van der Waals surface area contributed by atoms with Crippen LogP contribution >= 0.6 is 0 Å². The summed E-state index contributed by atoms with van der Waals surface area (Å²) in [5, 5.41) is 0. The molecular formula is C17H28O. The number of carbonyl (C=O) groups excluding carboxylic acids is 1. The maximum Gasteiger partial charge on any atom is 0.133 e.